The Kier molecular flexibility index (Phi) is 6.33. The largest absolute Gasteiger partial charge is 0.455 e. The Bertz CT molecular complexity index is 1100. The molecule has 9 nitrogen and oxygen atoms in total. The number of ether oxygens (including phenoxy) is 1. The molecule has 0 atom stereocenters. The third-order valence-corrected chi connectivity index (χ3v) is 4.40. The van der Waals surface area contributed by atoms with E-state index >= 15 is 0 Å². The van der Waals surface area contributed by atoms with Crippen LogP contribution in [0.3, 0.4) is 0 Å². The minimum atomic E-state index is -0.670. The van der Waals surface area contributed by atoms with E-state index in [9.17, 15) is 9.59 Å². The third-order valence-electron chi connectivity index (χ3n) is 4.40. The third kappa shape index (κ3) is 5.65. The molecule has 0 aliphatic carbocycles. The standard InChI is InChI=1S/C22H26N6O3/c1-6-28-13-15(12-24-28)17-11-16(9-10-23-17)31-18-7-8-19(25-14(18)2)26-21(30)27-20(29)22(3,4)5/h7-13H,6H2,1-5H3,(H2,25,26,27,29,30). The maximum atomic E-state index is 12.0. The monoisotopic (exact) mass is 422 g/mol. The molecule has 3 aromatic rings. The van der Waals surface area contributed by atoms with Crippen LogP contribution in [0.2, 0.25) is 0 Å². The van der Waals surface area contributed by atoms with E-state index in [0.29, 0.717) is 23.0 Å². The summed E-state index contributed by atoms with van der Waals surface area (Å²) in [6.07, 6.45) is 5.36. The number of hydrogen-bond donors (Lipinski definition) is 2. The molecule has 3 heterocycles. The fourth-order valence-electron chi connectivity index (χ4n) is 2.59. The first kappa shape index (κ1) is 21.9. The number of nitrogens with zero attached hydrogens (tertiary/aromatic N) is 4. The van der Waals surface area contributed by atoms with Crippen LogP contribution in [0.15, 0.2) is 42.9 Å². The second-order valence-corrected chi connectivity index (χ2v) is 8.00. The number of carbonyl (C=O) groups is 2. The van der Waals surface area contributed by atoms with Crippen molar-refractivity contribution in [2.75, 3.05) is 5.32 Å². The van der Waals surface area contributed by atoms with E-state index in [1.54, 1.807) is 58.3 Å². The molecule has 9 heteroatoms. The van der Waals surface area contributed by atoms with Crippen molar-refractivity contribution >= 4 is 17.8 Å². The number of hydrogen-bond acceptors (Lipinski definition) is 6. The maximum Gasteiger partial charge on any atom is 0.327 e. The molecular weight excluding hydrogens is 396 g/mol. The lowest BCUT2D eigenvalue weighted by Gasteiger charge is -2.17. The first-order chi connectivity index (χ1) is 14.7. The predicted octanol–water partition coefficient (Wildman–Crippen LogP) is 4.15. The zero-order valence-electron chi connectivity index (χ0n) is 18.3. The van der Waals surface area contributed by atoms with Gasteiger partial charge < -0.3 is 4.74 Å². The minimum absolute atomic E-state index is 0.312. The molecule has 0 bridgehead atoms. The van der Waals surface area contributed by atoms with Crippen LogP contribution >= 0.6 is 0 Å². The van der Waals surface area contributed by atoms with E-state index in [2.05, 4.69) is 25.7 Å². The summed E-state index contributed by atoms with van der Waals surface area (Å²) in [6.45, 7) is 9.75. The number of aryl methyl sites for hydroxylation is 2. The van der Waals surface area contributed by atoms with Crippen molar-refractivity contribution in [3.8, 4) is 22.8 Å². The molecular formula is C22H26N6O3. The highest BCUT2D eigenvalue weighted by Crippen LogP contribution is 2.28. The molecule has 0 aliphatic rings. The fourth-order valence-corrected chi connectivity index (χ4v) is 2.59. The van der Waals surface area contributed by atoms with Crippen molar-refractivity contribution in [3.63, 3.8) is 0 Å². The van der Waals surface area contributed by atoms with Crippen LogP contribution in [-0.2, 0) is 11.3 Å². The molecule has 2 N–H and O–H groups in total. The van der Waals surface area contributed by atoms with Gasteiger partial charge in [-0.05, 0) is 32.0 Å². The molecule has 3 aromatic heterocycles. The van der Waals surface area contributed by atoms with Gasteiger partial charge in [0.25, 0.3) is 0 Å². The summed E-state index contributed by atoms with van der Waals surface area (Å²) in [6, 6.07) is 6.26. The Morgan fingerprint density at radius 2 is 1.97 bits per heavy atom. The average Bonchev–Trinajstić information content (AvgIpc) is 3.19. The molecule has 0 radical (unpaired) electrons. The number of carbonyl (C=O) groups excluding carboxylic acids is 2. The molecule has 3 rings (SSSR count). The van der Waals surface area contributed by atoms with E-state index in [1.807, 2.05) is 23.9 Å². The molecule has 0 saturated carbocycles. The van der Waals surface area contributed by atoms with Crippen molar-refractivity contribution in [3.05, 3.63) is 48.5 Å². The van der Waals surface area contributed by atoms with Crippen molar-refractivity contribution in [1.82, 2.24) is 25.1 Å². The van der Waals surface area contributed by atoms with Gasteiger partial charge in [-0.2, -0.15) is 5.10 Å². The number of aromatic nitrogens is 4. The molecule has 162 valence electrons. The Morgan fingerprint density at radius 3 is 2.61 bits per heavy atom. The molecule has 0 spiro atoms. The van der Waals surface area contributed by atoms with E-state index < -0.39 is 11.4 Å². The van der Waals surface area contributed by atoms with Gasteiger partial charge in [0.15, 0.2) is 0 Å². The van der Waals surface area contributed by atoms with E-state index in [4.69, 9.17) is 4.74 Å². The highest BCUT2D eigenvalue weighted by molar-refractivity contribution is 6.02. The van der Waals surface area contributed by atoms with Crippen molar-refractivity contribution in [2.45, 2.75) is 41.2 Å². The number of anilines is 1. The van der Waals surface area contributed by atoms with E-state index in [0.717, 1.165) is 17.8 Å². The smallest absolute Gasteiger partial charge is 0.327 e. The predicted molar refractivity (Wildman–Crippen MR) is 117 cm³/mol. The highest BCUT2D eigenvalue weighted by atomic mass is 16.5. The molecule has 0 unspecified atom stereocenters. The zero-order chi connectivity index (χ0) is 22.6. The Labute approximate surface area is 180 Å². The van der Waals surface area contributed by atoms with E-state index in [-0.39, 0.29) is 5.91 Å². The van der Waals surface area contributed by atoms with Crippen LogP contribution < -0.4 is 15.4 Å². The molecule has 0 aromatic carbocycles. The van der Waals surface area contributed by atoms with Crippen molar-refractivity contribution in [2.24, 2.45) is 5.41 Å². The Morgan fingerprint density at radius 1 is 1.19 bits per heavy atom. The summed E-state index contributed by atoms with van der Waals surface area (Å²) in [4.78, 5) is 32.7. The number of imide groups is 1. The normalized spacial score (nSPS) is 11.1. The topological polar surface area (TPSA) is 111 Å². The van der Waals surface area contributed by atoms with Crippen LogP contribution in [0, 0.1) is 12.3 Å². The van der Waals surface area contributed by atoms with Crippen LogP contribution in [0.4, 0.5) is 10.6 Å². The quantitative estimate of drug-likeness (QED) is 0.639. The molecule has 0 aliphatic heterocycles. The van der Waals surface area contributed by atoms with Crippen molar-refractivity contribution < 1.29 is 14.3 Å². The zero-order valence-corrected chi connectivity index (χ0v) is 18.3. The van der Waals surface area contributed by atoms with Gasteiger partial charge in [0, 0.05) is 36.0 Å². The van der Waals surface area contributed by atoms with Gasteiger partial charge in [-0.15, -0.1) is 0 Å². The summed E-state index contributed by atoms with van der Waals surface area (Å²) in [7, 11) is 0. The van der Waals surface area contributed by atoms with Gasteiger partial charge in [-0.1, -0.05) is 20.8 Å². The summed E-state index contributed by atoms with van der Waals surface area (Å²) < 4.78 is 7.79. The Balaban J connectivity index is 1.69. The summed E-state index contributed by atoms with van der Waals surface area (Å²) in [5.74, 6) is 1.08. The van der Waals surface area contributed by atoms with Crippen molar-refractivity contribution in [1.29, 1.82) is 0 Å². The van der Waals surface area contributed by atoms with Gasteiger partial charge in [-0.25, -0.2) is 9.78 Å². The molecule has 0 fully saturated rings. The van der Waals surface area contributed by atoms with Gasteiger partial charge in [-0.3, -0.25) is 25.1 Å². The van der Waals surface area contributed by atoms with Crippen LogP contribution in [-0.4, -0.2) is 31.7 Å². The highest BCUT2D eigenvalue weighted by Gasteiger charge is 2.23. The first-order valence-corrected chi connectivity index (χ1v) is 9.92. The maximum absolute atomic E-state index is 12.0. The van der Waals surface area contributed by atoms with Crippen LogP contribution in [0.25, 0.3) is 11.3 Å². The minimum Gasteiger partial charge on any atom is -0.455 e. The summed E-state index contributed by atoms with van der Waals surface area (Å²) in [5.41, 5.74) is 1.56. The lowest BCUT2D eigenvalue weighted by atomic mass is 9.96. The van der Waals surface area contributed by atoms with Crippen LogP contribution in [0.5, 0.6) is 11.5 Å². The fraction of sp³-hybridized carbons (Fsp3) is 0.318. The lowest BCUT2D eigenvalue weighted by Crippen LogP contribution is -2.41. The number of pyridine rings is 2. The number of urea groups is 1. The second-order valence-electron chi connectivity index (χ2n) is 8.00. The number of amides is 3. The lowest BCUT2D eigenvalue weighted by molar-refractivity contribution is -0.127. The molecule has 31 heavy (non-hydrogen) atoms. The first-order valence-electron chi connectivity index (χ1n) is 9.92. The summed E-state index contributed by atoms with van der Waals surface area (Å²) in [5, 5.41) is 9.12. The Hall–Kier alpha value is -3.75. The van der Waals surface area contributed by atoms with Gasteiger partial charge in [0.2, 0.25) is 5.91 Å². The van der Waals surface area contributed by atoms with Crippen LogP contribution in [0.1, 0.15) is 33.4 Å². The van der Waals surface area contributed by atoms with Gasteiger partial charge in [0.05, 0.1) is 17.6 Å². The number of nitrogens with one attached hydrogen (secondary N) is 2. The number of rotatable bonds is 5. The SMILES string of the molecule is CCn1cc(-c2cc(Oc3ccc(NC(=O)NC(=O)C(C)(C)C)nc3C)ccn2)cn1. The average molecular weight is 422 g/mol. The second kappa shape index (κ2) is 8.95. The summed E-state index contributed by atoms with van der Waals surface area (Å²) >= 11 is 0. The van der Waals surface area contributed by atoms with Gasteiger partial charge >= 0.3 is 6.03 Å². The van der Waals surface area contributed by atoms with Gasteiger partial charge in [0.1, 0.15) is 17.3 Å². The molecule has 3 amide bonds. The molecule has 0 saturated heterocycles. The van der Waals surface area contributed by atoms with E-state index in [1.165, 1.54) is 0 Å².